The number of anilines is 1. The molecule has 0 saturated carbocycles. The lowest BCUT2D eigenvalue weighted by atomic mass is 10.0. The van der Waals surface area contributed by atoms with Crippen LogP contribution in [0.1, 0.15) is 25.3 Å². The van der Waals surface area contributed by atoms with Gasteiger partial charge in [0.1, 0.15) is 6.54 Å². The van der Waals surface area contributed by atoms with Gasteiger partial charge in [0.15, 0.2) is 0 Å². The molecule has 0 spiro atoms. The van der Waals surface area contributed by atoms with Crippen molar-refractivity contribution in [2.24, 2.45) is 0 Å². The summed E-state index contributed by atoms with van der Waals surface area (Å²) in [4.78, 5) is 11.7. The van der Waals surface area contributed by atoms with Crippen LogP contribution in [0, 0.1) is 0 Å². The maximum absolute atomic E-state index is 13.1. The topological polar surface area (TPSA) is 63.7 Å². The Morgan fingerprint density at radius 3 is 2.19 bits per heavy atom. The third-order valence-corrected chi connectivity index (χ3v) is 6.34. The van der Waals surface area contributed by atoms with Crippen LogP contribution < -0.4 is 4.31 Å². The number of hydrogen-bond donors (Lipinski definition) is 0. The van der Waals surface area contributed by atoms with Gasteiger partial charge in [-0.05, 0) is 41.8 Å². The summed E-state index contributed by atoms with van der Waals surface area (Å²) >= 11 is 11.8. The van der Waals surface area contributed by atoms with E-state index in [-0.39, 0.29) is 14.9 Å². The minimum atomic E-state index is -4.04. The number of methoxy groups -OCH3 is 1. The van der Waals surface area contributed by atoms with Gasteiger partial charge in [-0.2, -0.15) is 0 Å². The third kappa shape index (κ3) is 4.50. The van der Waals surface area contributed by atoms with Crippen LogP contribution in [-0.2, 0) is 19.6 Å². The predicted molar refractivity (Wildman–Crippen MR) is 104 cm³/mol. The summed E-state index contributed by atoms with van der Waals surface area (Å²) in [6.07, 6.45) is 0. The summed E-state index contributed by atoms with van der Waals surface area (Å²) < 4.78 is 31.8. The molecule has 2 aromatic rings. The zero-order chi connectivity index (χ0) is 19.5. The van der Waals surface area contributed by atoms with E-state index >= 15 is 0 Å². The van der Waals surface area contributed by atoms with Gasteiger partial charge in [0.2, 0.25) is 0 Å². The summed E-state index contributed by atoms with van der Waals surface area (Å²) in [7, 11) is -2.84. The highest BCUT2D eigenvalue weighted by molar-refractivity contribution is 7.92. The van der Waals surface area contributed by atoms with Crippen molar-refractivity contribution in [1.82, 2.24) is 0 Å². The molecule has 0 saturated heterocycles. The van der Waals surface area contributed by atoms with E-state index < -0.39 is 22.5 Å². The second-order valence-corrected chi connectivity index (χ2v) is 8.59. The first-order valence-corrected chi connectivity index (χ1v) is 10.0. The zero-order valence-electron chi connectivity index (χ0n) is 14.6. The van der Waals surface area contributed by atoms with Crippen molar-refractivity contribution in [2.75, 3.05) is 18.0 Å². The molecule has 0 atom stereocenters. The third-order valence-electron chi connectivity index (χ3n) is 3.83. The van der Waals surface area contributed by atoms with Crippen LogP contribution in [-0.4, -0.2) is 28.0 Å². The summed E-state index contributed by atoms with van der Waals surface area (Å²) in [6, 6.07) is 11.0. The molecule has 5 nitrogen and oxygen atoms in total. The van der Waals surface area contributed by atoms with Gasteiger partial charge in [-0.1, -0.05) is 49.2 Å². The Morgan fingerprint density at radius 2 is 1.69 bits per heavy atom. The van der Waals surface area contributed by atoms with Crippen molar-refractivity contribution >= 4 is 44.9 Å². The molecule has 8 heteroatoms. The van der Waals surface area contributed by atoms with Gasteiger partial charge >= 0.3 is 5.97 Å². The van der Waals surface area contributed by atoms with Crippen LogP contribution in [0.2, 0.25) is 10.0 Å². The fourth-order valence-electron chi connectivity index (χ4n) is 2.29. The van der Waals surface area contributed by atoms with E-state index in [0.717, 1.165) is 9.87 Å². The number of ether oxygens (including phenoxy) is 1. The summed E-state index contributed by atoms with van der Waals surface area (Å²) in [5.41, 5.74) is 1.41. The molecule has 0 fully saturated rings. The summed E-state index contributed by atoms with van der Waals surface area (Å²) in [5, 5.41) is 0.354. The van der Waals surface area contributed by atoms with Crippen LogP contribution in [0.25, 0.3) is 0 Å². The normalized spacial score (nSPS) is 11.5. The molecular weight excluding hydrogens is 397 g/mol. The highest BCUT2D eigenvalue weighted by Crippen LogP contribution is 2.29. The van der Waals surface area contributed by atoms with Crippen LogP contribution in [0.3, 0.4) is 0 Å². The van der Waals surface area contributed by atoms with E-state index in [9.17, 15) is 13.2 Å². The van der Waals surface area contributed by atoms with Crippen molar-refractivity contribution in [3.05, 3.63) is 58.1 Å². The largest absolute Gasteiger partial charge is 0.468 e. The van der Waals surface area contributed by atoms with Crippen molar-refractivity contribution in [3.8, 4) is 0 Å². The predicted octanol–water partition coefficient (Wildman–Crippen LogP) is 4.49. The Labute approximate surface area is 163 Å². The van der Waals surface area contributed by atoms with Gasteiger partial charge in [-0.25, -0.2) is 8.42 Å². The summed E-state index contributed by atoms with van der Waals surface area (Å²) in [6.45, 7) is 3.61. The molecule has 140 valence electrons. The van der Waals surface area contributed by atoms with Crippen LogP contribution in [0.5, 0.6) is 0 Å². The van der Waals surface area contributed by atoms with Crippen molar-refractivity contribution < 1.29 is 17.9 Å². The Morgan fingerprint density at radius 1 is 1.08 bits per heavy atom. The average Bonchev–Trinajstić information content (AvgIpc) is 2.61. The lowest BCUT2D eigenvalue weighted by molar-refractivity contribution is -0.138. The summed E-state index contributed by atoms with van der Waals surface area (Å²) in [5.74, 6) is -0.383. The quantitative estimate of drug-likeness (QED) is 0.652. The monoisotopic (exact) mass is 415 g/mol. The number of benzene rings is 2. The minimum Gasteiger partial charge on any atom is -0.468 e. The molecule has 0 heterocycles. The molecule has 0 radical (unpaired) electrons. The first-order chi connectivity index (χ1) is 12.2. The van der Waals surface area contributed by atoms with Gasteiger partial charge in [-0.3, -0.25) is 9.10 Å². The molecule has 0 aromatic heterocycles. The fourth-order valence-corrected chi connectivity index (χ4v) is 4.09. The molecule has 0 N–H and O–H groups in total. The van der Waals surface area contributed by atoms with Gasteiger partial charge in [0.05, 0.1) is 27.7 Å². The number of carbonyl (C=O) groups is 1. The first kappa shape index (κ1) is 20.6. The number of halogens is 2. The molecule has 2 aromatic carbocycles. The van der Waals surface area contributed by atoms with Crippen LogP contribution in [0.15, 0.2) is 47.4 Å². The molecule has 0 bridgehead atoms. The SMILES string of the molecule is COC(=O)CN(c1ccc(C(C)C)cc1)S(=O)(=O)c1ccc(Cl)c(Cl)c1. The number of sulfonamides is 1. The van der Waals surface area contributed by atoms with Gasteiger partial charge in [0, 0.05) is 0 Å². The second kappa shape index (κ2) is 8.29. The lowest BCUT2D eigenvalue weighted by Gasteiger charge is -2.24. The Bertz CT molecular complexity index is 896. The van der Waals surface area contributed by atoms with Gasteiger partial charge in [0.25, 0.3) is 10.0 Å². The van der Waals surface area contributed by atoms with Crippen molar-refractivity contribution in [2.45, 2.75) is 24.7 Å². The van der Waals surface area contributed by atoms with Crippen LogP contribution >= 0.6 is 23.2 Å². The number of nitrogens with zero attached hydrogens (tertiary/aromatic N) is 1. The van der Waals surface area contributed by atoms with E-state index in [2.05, 4.69) is 4.74 Å². The molecule has 2 rings (SSSR count). The highest BCUT2D eigenvalue weighted by atomic mass is 35.5. The molecule has 0 aliphatic carbocycles. The number of carbonyl (C=O) groups excluding carboxylic acids is 1. The van der Waals surface area contributed by atoms with Crippen molar-refractivity contribution in [3.63, 3.8) is 0 Å². The maximum atomic E-state index is 13.1. The number of rotatable bonds is 6. The maximum Gasteiger partial charge on any atom is 0.326 e. The Hall–Kier alpha value is -1.76. The van der Waals surface area contributed by atoms with E-state index in [0.29, 0.717) is 11.6 Å². The minimum absolute atomic E-state index is 0.0660. The Kier molecular flexibility index (Phi) is 6.55. The van der Waals surface area contributed by atoms with Gasteiger partial charge < -0.3 is 4.74 Å². The molecule has 0 aliphatic heterocycles. The second-order valence-electron chi connectivity index (χ2n) is 5.91. The first-order valence-electron chi connectivity index (χ1n) is 7.81. The standard InChI is InChI=1S/C18H19Cl2NO4S/c1-12(2)13-4-6-14(7-5-13)21(11-18(22)25-3)26(23,24)15-8-9-16(19)17(20)10-15/h4-10,12H,11H2,1-3H3. The number of hydrogen-bond acceptors (Lipinski definition) is 4. The molecule has 0 amide bonds. The molecule has 0 unspecified atom stereocenters. The molecule has 0 aliphatic rings. The van der Waals surface area contributed by atoms with E-state index in [1.54, 1.807) is 12.1 Å². The Balaban J connectivity index is 2.52. The average molecular weight is 416 g/mol. The zero-order valence-corrected chi connectivity index (χ0v) is 16.9. The van der Waals surface area contributed by atoms with Crippen molar-refractivity contribution in [1.29, 1.82) is 0 Å². The number of esters is 1. The van der Waals surface area contributed by atoms with E-state index in [1.807, 2.05) is 26.0 Å². The lowest BCUT2D eigenvalue weighted by Crippen LogP contribution is -2.36. The van der Waals surface area contributed by atoms with E-state index in [1.165, 1.54) is 25.3 Å². The van der Waals surface area contributed by atoms with Gasteiger partial charge in [-0.15, -0.1) is 0 Å². The van der Waals surface area contributed by atoms with E-state index in [4.69, 9.17) is 23.2 Å². The fraction of sp³-hybridized carbons (Fsp3) is 0.278. The highest BCUT2D eigenvalue weighted by Gasteiger charge is 2.28. The molecule has 26 heavy (non-hydrogen) atoms. The van der Waals surface area contributed by atoms with Crippen LogP contribution in [0.4, 0.5) is 5.69 Å². The molecular formula is C18H19Cl2NO4S. The smallest absolute Gasteiger partial charge is 0.326 e.